The fraction of sp³-hybridized carbons (Fsp3) is 0.0769. The Morgan fingerprint density at radius 2 is 2.15 bits per heavy atom. The number of furan rings is 1. The van der Waals surface area contributed by atoms with Crippen LogP contribution in [0.4, 0.5) is 11.4 Å². The van der Waals surface area contributed by atoms with E-state index in [0.29, 0.717) is 16.4 Å². The van der Waals surface area contributed by atoms with Gasteiger partial charge in [0.25, 0.3) is 5.91 Å². The van der Waals surface area contributed by atoms with Gasteiger partial charge >= 0.3 is 0 Å². The highest BCUT2D eigenvalue weighted by atomic mass is 35.5. The number of hydrogen-bond donors (Lipinski definition) is 2. The first-order valence-electron chi connectivity index (χ1n) is 5.71. The first-order valence-corrected chi connectivity index (χ1v) is 6.47. The number of hydrogen-bond acceptors (Lipinski definition) is 3. The van der Waals surface area contributed by atoms with E-state index in [9.17, 15) is 9.59 Å². The Labute approximate surface area is 123 Å². The molecule has 0 unspecified atom stereocenters. The average Bonchev–Trinajstić information content (AvgIpc) is 2.94. The van der Waals surface area contributed by atoms with E-state index in [-0.39, 0.29) is 23.1 Å². The van der Waals surface area contributed by atoms with Gasteiger partial charge in [0.2, 0.25) is 11.1 Å². The lowest BCUT2D eigenvalue weighted by molar-refractivity contribution is -0.115. The zero-order valence-electron chi connectivity index (χ0n) is 10.00. The van der Waals surface area contributed by atoms with Gasteiger partial charge in [-0.25, -0.2) is 0 Å². The number of fused-ring (bicyclic) bond motifs is 1. The second-order valence-electron chi connectivity index (χ2n) is 4.28. The van der Waals surface area contributed by atoms with Gasteiger partial charge in [-0.2, -0.15) is 0 Å². The number of halogens is 2. The number of amides is 2. The Balaban J connectivity index is 1.89. The summed E-state index contributed by atoms with van der Waals surface area (Å²) in [6.07, 6.45) is 1.59. The second kappa shape index (κ2) is 4.85. The summed E-state index contributed by atoms with van der Waals surface area (Å²) >= 11 is 11.8. The van der Waals surface area contributed by atoms with Crippen molar-refractivity contribution in [2.75, 3.05) is 10.6 Å². The molecule has 102 valence electrons. The molecule has 0 saturated heterocycles. The molecule has 0 bridgehead atoms. The van der Waals surface area contributed by atoms with Crippen molar-refractivity contribution in [1.29, 1.82) is 0 Å². The van der Waals surface area contributed by atoms with Gasteiger partial charge in [0.1, 0.15) is 0 Å². The largest absolute Gasteiger partial charge is 0.452 e. The molecule has 0 radical (unpaired) electrons. The predicted molar refractivity (Wildman–Crippen MR) is 75.5 cm³/mol. The molecule has 1 aromatic heterocycles. The van der Waals surface area contributed by atoms with Gasteiger partial charge in [0, 0.05) is 5.69 Å². The lowest BCUT2D eigenvalue weighted by Gasteiger charge is -2.08. The first-order chi connectivity index (χ1) is 9.54. The summed E-state index contributed by atoms with van der Waals surface area (Å²) in [7, 11) is 0. The van der Waals surface area contributed by atoms with Crippen LogP contribution < -0.4 is 10.6 Å². The quantitative estimate of drug-likeness (QED) is 0.893. The summed E-state index contributed by atoms with van der Waals surface area (Å²) in [6.45, 7) is 0. The Bertz CT molecular complexity index is 724. The van der Waals surface area contributed by atoms with Crippen molar-refractivity contribution in [3.8, 4) is 0 Å². The van der Waals surface area contributed by atoms with Gasteiger partial charge in [0.05, 0.1) is 29.0 Å². The summed E-state index contributed by atoms with van der Waals surface area (Å²) in [6, 6.07) is 4.74. The van der Waals surface area contributed by atoms with Crippen LogP contribution in [0.2, 0.25) is 10.2 Å². The molecule has 20 heavy (non-hydrogen) atoms. The third-order valence-electron chi connectivity index (χ3n) is 2.93. The Morgan fingerprint density at radius 1 is 1.35 bits per heavy atom. The summed E-state index contributed by atoms with van der Waals surface area (Å²) in [5.41, 5.74) is 2.09. The van der Waals surface area contributed by atoms with Crippen LogP contribution in [0.15, 0.2) is 28.9 Å². The summed E-state index contributed by atoms with van der Waals surface area (Å²) in [5, 5.41) is 5.67. The predicted octanol–water partition coefficient (Wildman–Crippen LogP) is 3.33. The SMILES string of the molecule is O=C1Cc2cc(NC(=O)c3ccoc3Cl)c(Cl)cc2N1. The van der Waals surface area contributed by atoms with Gasteiger partial charge in [-0.05, 0) is 35.4 Å². The molecule has 5 nitrogen and oxygen atoms in total. The molecule has 7 heteroatoms. The van der Waals surface area contributed by atoms with Gasteiger partial charge in [-0.1, -0.05) is 11.6 Å². The van der Waals surface area contributed by atoms with Crippen LogP contribution in [0.3, 0.4) is 0 Å². The maximum Gasteiger partial charge on any atom is 0.260 e. The van der Waals surface area contributed by atoms with E-state index in [4.69, 9.17) is 27.6 Å². The van der Waals surface area contributed by atoms with Gasteiger partial charge < -0.3 is 15.1 Å². The first kappa shape index (κ1) is 13.0. The van der Waals surface area contributed by atoms with Crippen molar-refractivity contribution in [2.24, 2.45) is 0 Å². The second-order valence-corrected chi connectivity index (χ2v) is 5.03. The van der Waals surface area contributed by atoms with Gasteiger partial charge in [0.15, 0.2) is 0 Å². The van der Waals surface area contributed by atoms with Crippen LogP contribution in [0.1, 0.15) is 15.9 Å². The van der Waals surface area contributed by atoms with E-state index in [2.05, 4.69) is 10.6 Å². The molecular formula is C13H8Cl2N2O3. The monoisotopic (exact) mass is 310 g/mol. The van der Waals surface area contributed by atoms with Gasteiger partial charge in [-0.15, -0.1) is 0 Å². The van der Waals surface area contributed by atoms with Crippen LogP contribution >= 0.6 is 23.2 Å². The minimum Gasteiger partial charge on any atom is -0.452 e. The maximum atomic E-state index is 12.0. The van der Waals surface area contributed by atoms with Gasteiger partial charge in [-0.3, -0.25) is 9.59 Å². The van der Waals surface area contributed by atoms with Crippen molar-refractivity contribution < 1.29 is 14.0 Å². The highest BCUT2D eigenvalue weighted by molar-refractivity contribution is 6.35. The molecular weight excluding hydrogens is 303 g/mol. The van der Waals surface area contributed by atoms with E-state index >= 15 is 0 Å². The third-order valence-corrected chi connectivity index (χ3v) is 3.53. The zero-order valence-corrected chi connectivity index (χ0v) is 11.5. The minimum atomic E-state index is -0.428. The van der Waals surface area contributed by atoms with Crippen LogP contribution in [0.5, 0.6) is 0 Å². The Kier molecular flexibility index (Phi) is 3.16. The number of anilines is 2. The van der Waals surface area contributed by atoms with Crippen LogP contribution in [0.25, 0.3) is 0 Å². The molecule has 2 aromatic rings. The number of benzene rings is 1. The standard InChI is InChI=1S/C13H8Cl2N2O3/c14-8-5-9-6(4-11(18)16-9)3-10(8)17-13(19)7-1-2-20-12(7)15/h1-3,5H,4H2,(H,16,18)(H,17,19). The molecule has 3 rings (SSSR count). The molecule has 0 fully saturated rings. The van der Waals surface area contributed by atoms with E-state index < -0.39 is 5.91 Å². The fourth-order valence-electron chi connectivity index (χ4n) is 1.99. The molecule has 0 atom stereocenters. The normalized spacial score (nSPS) is 13.0. The highest BCUT2D eigenvalue weighted by Gasteiger charge is 2.21. The van der Waals surface area contributed by atoms with Crippen molar-refractivity contribution in [3.05, 3.63) is 45.8 Å². The van der Waals surface area contributed by atoms with Crippen LogP contribution in [-0.2, 0) is 11.2 Å². The fourth-order valence-corrected chi connectivity index (χ4v) is 2.40. The van der Waals surface area contributed by atoms with E-state index in [1.165, 1.54) is 12.3 Å². The molecule has 2 N–H and O–H groups in total. The summed E-state index contributed by atoms with van der Waals surface area (Å²) in [5.74, 6) is -0.527. The molecule has 1 aliphatic heterocycles. The van der Waals surface area contributed by atoms with Crippen LogP contribution in [0, 0.1) is 0 Å². The maximum absolute atomic E-state index is 12.0. The number of nitrogens with one attached hydrogen (secondary N) is 2. The lowest BCUT2D eigenvalue weighted by Crippen LogP contribution is -2.12. The number of rotatable bonds is 2. The minimum absolute atomic E-state index is 0.0108. The smallest absolute Gasteiger partial charge is 0.260 e. The highest BCUT2D eigenvalue weighted by Crippen LogP contribution is 2.33. The van der Waals surface area contributed by atoms with Crippen LogP contribution in [-0.4, -0.2) is 11.8 Å². The summed E-state index contributed by atoms with van der Waals surface area (Å²) in [4.78, 5) is 23.3. The van der Waals surface area contributed by atoms with Crippen molar-refractivity contribution in [1.82, 2.24) is 0 Å². The average molecular weight is 311 g/mol. The molecule has 1 aliphatic rings. The Morgan fingerprint density at radius 3 is 2.85 bits per heavy atom. The molecule has 0 aliphatic carbocycles. The molecule has 1 aromatic carbocycles. The van der Waals surface area contributed by atoms with Crippen molar-refractivity contribution >= 4 is 46.4 Å². The van der Waals surface area contributed by atoms with Crippen molar-refractivity contribution in [3.63, 3.8) is 0 Å². The molecule has 0 spiro atoms. The summed E-state index contributed by atoms with van der Waals surface area (Å²) < 4.78 is 4.86. The number of carbonyl (C=O) groups excluding carboxylic acids is 2. The third kappa shape index (κ3) is 2.26. The topological polar surface area (TPSA) is 71.3 Å². The number of carbonyl (C=O) groups is 2. The zero-order chi connectivity index (χ0) is 14.3. The lowest BCUT2D eigenvalue weighted by atomic mass is 10.1. The molecule has 2 amide bonds. The Hall–Kier alpha value is -1.98. The van der Waals surface area contributed by atoms with E-state index in [1.54, 1.807) is 12.1 Å². The van der Waals surface area contributed by atoms with E-state index in [0.717, 1.165) is 5.56 Å². The van der Waals surface area contributed by atoms with E-state index in [1.807, 2.05) is 0 Å². The molecule has 0 saturated carbocycles. The van der Waals surface area contributed by atoms with Crippen molar-refractivity contribution in [2.45, 2.75) is 6.42 Å². The molecule has 2 heterocycles.